The molecule has 0 saturated carbocycles. The lowest BCUT2D eigenvalue weighted by atomic mass is 10.1. The Morgan fingerprint density at radius 3 is 2.62 bits per heavy atom. The summed E-state index contributed by atoms with van der Waals surface area (Å²) in [5.41, 5.74) is 2.83. The quantitative estimate of drug-likeness (QED) is 0.624. The number of nitrogens with one attached hydrogen (secondary N) is 1. The molecule has 1 amide bonds. The summed E-state index contributed by atoms with van der Waals surface area (Å²) < 4.78 is 21.3. The van der Waals surface area contributed by atoms with Crippen molar-refractivity contribution in [3.8, 4) is 28.6 Å². The molecular formula is C21H23N3O5. The molecule has 0 atom stereocenters. The van der Waals surface area contributed by atoms with Gasteiger partial charge < -0.3 is 24.1 Å². The Morgan fingerprint density at radius 2 is 1.86 bits per heavy atom. The van der Waals surface area contributed by atoms with Crippen molar-refractivity contribution in [1.82, 2.24) is 15.5 Å². The number of carbonyl (C=O) groups excluding carboxylic acids is 1. The summed E-state index contributed by atoms with van der Waals surface area (Å²) in [6, 6.07) is 11.0. The standard InChI is InChI=1S/C21H23N3O5/c1-13-6-5-7-16(14(13)2)28-12-19(25)22-11-20-23-21(24-29-20)15-8-9-17(26-3)18(10-15)27-4/h5-10H,11-12H2,1-4H3,(H,22,25). The van der Waals surface area contributed by atoms with E-state index in [1.807, 2.05) is 32.0 Å². The van der Waals surface area contributed by atoms with Gasteiger partial charge in [0, 0.05) is 5.56 Å². The number of benzene rings is 2. The highest BCUT2D eigenvalue weighted by Gasteiger charge is 2.13. The van der Waals surface area contributed by atoms with E-state index in [0.717, 1.165) is 11.1 Å². The molecule has 0 saturated heterocycles. The molecule has 2 aromatic carbocycles. The van der Waals surface area contributed by atoms with Crippen molar-refractivity contribution in [2.75, 3.05) is 20.8 Å². The van der Waals surface area contributed by atoms with Gasteiger partial charge >= 0.3 is 0 Å². The molecule has 8 nitrogen and oxygen atoms in total. The third-order valence-corrected chi connectivity index (χ3v) is 4.46. The van der Waals surface area contributed by atoms with Crippen LogP contribution >= 0.6 is 0 Å². The van der Waals surface area contributed by atoms with Gasteiger partial charge in [-0.2, -0.15) is 4.98 Å². The lowest BCUT2D eigenvalue weighted by Gasteiger charge is -2.10. The van der Waals surface area contributed by atoms with Crippen LogP contribution in [0.15, 0.2) is 40.9 Å². The first kappa shape index (κ1) is 20.2. The Hall–Kier alpha value is -3.55. The van der Waals surface area contributed by atoms with Gasteiger partial charge in [0.15, 0.2) is 18.1 Å². The topological polar surface area (TPSA) is 95.7 Å². The molecule has 0 aliphatic rings. The Labute approximate surface area is 168 Å². The summed E-state index contributed by atoms with van der Waals surface area (Å²) in [6.45, 7) is 3.96. The Kier molecular flexibility index (Phi) is 6.33. The van der Waals surface area contributed by atoms with E-state index in [0.29, 0.717) is 28.6 Å². The fraction of sp³-hybridized carbons (Fsp3) is 0.286. The maximum Gasteiger partial charge on any atom is 0.258 e. The fourth-order valence-corrected chi connectivity index (χ4v) is 2.67. The van der Waals surface area contributed by atoms with E-state index in [4.69, 9.17) is 18.7 Å². The SMILES string of the molecule is COc1ccc(-c2noc(CNC(=O)COc3cccc(C)c3C)n2)cc1OC. The van der Waals surface area contributed by atoms with Crippen molar-refractivity contribution in [1.29, 1.82) is 0 Å². The predicted octanol–water partition coefficient (Wildman–Crippen LogP) is 3.07. The Balaban J connectivity index is 1.56. The third kappa shape index (κ3) is 4.84. The lowest BCUT2D eigenvalue weighted by molar-refractivity contribution is -0.123. The number of rotatable bonds is 8. The summed E-state index contributed by atoms with van der Waals surface area (Å²) in [4.78, 5) is 16.4. The third-order valence-electron chi connectivity index (χ3n) is 4.46. The average Bonchev–Trinajstić information content (AvgIpc) is 3.22. The molecule has 0 fully saturated rings. The van der Waals surface area contributed by atoms with E-state index in [2.05, 4.69) is 15.5 Å². The lowest BCUT2D eigenvalue weighted by Crippen LogP contribution is -2.28. The summed E-state index contributed by atoms with van der Waals surface area (Å²) in [5, 5.41) is 6.65. The average molecular weight is 397 g/mol. The van der Waals surface area contributed by atoms with Crippen LogP contribution in [0, 0.1) is 13.8 Å². The molecule has 152 valence electrons. The zero-order chi connectivity index (χ0) is 20.8. The minimum absolute atomic E-state index is 0.0963. The number of methoxy groups -OCH3 is 2. The first-order valence-electron chi connectivity index (χ1n) is 9.02. The van der Waals surface area contributed by atoms with Gasteiger partial charge in [0.2, 0.25) is 11.7 Å². The smallest absolute Gasteiger partial charge is 0.258 e. The molecule has 0 spiro atoms. The fourth-order valence-electron chi connectivity index (χ4n) is 2.67. The maximum atomic E-state index is 12.1. The van der Waals surface area contributed by atoms with Crippen molar-refractivity contribution in [2.45, 2.75) is 20.4 Å². The van der Waals surface area contributed by atoms with Gasteiger partial charge in [0.25, 0.3) is 5.91 Å². The number of nitrogens with zero attached hydrogens (tertiary/aromatic N) is 2. The van der Waals surface area contributed by atoms with Gasteiger partial charge in [0.05, 0.1) is 20.8 Å². The van der Waals surface area contributed by atoms with Crippen molar-refractivity contribution >= 4 is 5.91 Å². The van der Waals surface area contributed by atoms with Crippen LogP contribution in [0.25, 0.3) is 11.4 Å². The molecule has 3 aromatic rings. The van der Waals surface area contributed by atoms with Crippen LogP contribution in [0.1, 0.15) is 17.0 Å². The maximum absolute atomic E-state index is 12.1. The zero-order valence-electron chi connectivity index (χ0n) is 16.8. The van der Waals surface area contributed by atoms with Gasteiger partial charge in [-0.15, -0.1) is 0 Å². The van der Waals surface area contributed by atoms with Gasteiger partial charge in [0.1, 0.15) is 5.75 Å². The molecule has 0 radical (unpaired) electrons. The van der Waals surface area contributed by atoms with Crippen molar-refractivity contribution < 1.29 is 23.5 Å². The van der Waals surface area contributed by atoms with E-state index < -0.39 is 0 Å². The number of carbonyl (C=O) groups is 1. The van der Waals surface area contributed by atoms with Gasteiger partial charge in [-0.1, -0.05) is 17.3 Å². The largest absolute Gasteiger partial charge is 0.493 e. The van der Waals surface area contributed by atoms with Crippen LogP contribution in [0.3, 0.4) is 0 Å². The first-order chi connectivity index (χ1) is 14.0. The number of ether oxygens (including phenoxy) is 3. The Bertz CT molecular complexity index is 1000. The monoisotopic (exact) mass is 397 g/mol. The van der Waals surface area contributed by atoms with Crippen molar-refractivity contribution in [2.24, 2.45) is 0 Å². The molecule has 0 bridgehead atoms. The predicted molar refractivity (Wildman–Crippen MR) is 106 cm³/mol. The second kappa shape index (κ2) is 9.09. The molecule has 1 N–H and O–H groups in total. The van der Waals surface area contributed by atoms with E-state index >= 15 is 0 Å². The molecule has 0 unspecified atom stereocenters. The van der Waals surface area contributed by atoms with Gasteiger partial charge in [-0.3, -0.25) is 4.79 Å². The molecule has 8 heteroatoms. The summed E-state index contributed by atoms with van der Waals surface area (Å²) in [6.07, 6.45) is 0. The molecule has 3 rings (SSSR count). The number of hydrogen-bond acceptors (Lipinski definition) is 7. The molecular weight excluding hydrogens is 374 g/mol. The molecule has 0 aliphatic carbocycles. The van der Waals surface area contributed by atoms with Crippen LogP contribution < -0.4 is 19.5 Å². The summed E-state index contributed by atoms with van der Waals surface area (Å²) in [5.74, 6) is 2.26. The van der Waals surface area contributed by atoms with Gasteiger partial charge in [-0.25, -0.2) is 0 Å². The minimum Gasteiger partial charge on any atom is -0.493 e. The van der Waals surface area contributed by atoms with E-state index in [-0.39, 0.29) is 24.9 Å². The zero-order valence-corrected chi connectivity index (χ0v) is 16.8. The van der Waals surface area contributed by atoms with E-state index in [9.17, 15) is 4.79 Å². The normalized spacial score (nSPS) is 10.5. The van der Waals surface area contributed by atoms with Crippen LogP contribution in [-0.4, -0.2) is 36.9 Å². The van der Waals surface area contributed by atoms with Crippen molar-refractivity contribution in [3.63, 3.8) is 0 Å². The van der Waals surface area contributed by atoms with Crippen LogP contribution in [0.4, 0.5) is 0 Å². The number of amides is 1. The second-order valence-corrected chi connectivity index (χ2v) is 6.34. The highest BCUT2D eigenvalue weighted by Crippen LogP contribution is 2.31. The number of hydrogen-bond donors (Lipinski definition) is 1. The molecule has 1 heterocycles. The minimum atomic E-state index is -0.281. The molecule has 29 heavy (non-hydrogen) atoms. The van der Waals surface area contributed by atoms with E-state index in [1.165, 1.54) is 0 Å². The highest BCUT2D eigenvalue weighted by atomic mass is 16.5. The number of aromatic nitrogens is 2. The van der Waals surface area contributed by atoms with E-state index in [1.54, 1.807) is 32.4 Å². The van der Waals surface area contributed by atoms with Gasteiger partial charge in [-0.05, 0) is 49.2 Å². The number of aryl methyl sites for hydroxylation is 1. The van der Waals surface area contributed by atoms with Crippen LogP contribution in [0.2, 0.25) is 0 Å². The highest BCUT2D eigenvalue weighted by molar-refractivity contribution is 5.77. The first-order valence-corrected chi connectivity index (χ1v) is 9.02. The van der Waals surface area contributed by atoms with Crippen LogP contribution in [-0.2, 0) is 11.3 Å². The van der Waals surface area contributed by atoms with Crippen molar-refractivity contribution in [3.05, 3.63) is 53.4 Å². The molecule has 1 aromatic heterocycles. The summed E-state index contributed by atoms with van der Waals surface area (Å²) >= 11 is 0. The second-order valence-electron chi connectivity index (χ2n) is 6.34. The summed E-state index contributed by atoms with van der Waals surface area (Å²) in [7, 11) is 3.12. The van der Waals surface area contributed by atoms with Crippen LogP contribution in [0.5, 0.6) is 17.2 Å². The molecule has 0 aliphatic heterocycles. The Morgan fingerprint density at radius 1 is 1.07 bits per heavy atom.